The van der Waals surface area contributed by atoms with Gasteiger partial charge in [0.05, 0.1) is 0 Å². The van der Waals surface area contributed by atoms with E-state index in [1.165, 1.54) is 4.88 Å². The summed E-state index contributed by atoms with van der Waals surface area (Å²) in [4.78, 5) is 19.8. The Hall–Kier alpha value is -1.10. The predicted molar refractivity (Wildman–Crippen MR) is 73.0 cm³/mol. The number of piperidine rings is 1. The standard InChI is InChI=1S/C13H19N3OS/c1-9-7-14-13(18-9)16-6-2-3-11(8-16)15-12(17)10-4-5-10/h7,10-11H,2-6,8H2,1H3,(H,15,17). The van der Waals surface area contributed by atoms with E-state index in [1.54, 1.807) is 11.3 Å². The summed E-state index contributed by atoms with van der Waals surface area (Å²) in [5, 5.41) is 4.28. The Labute approximate surface area is 111 Å². The van der Waals surface area contributed by atoms with Crippen molar-refractivity contribution in [3.63, 3.8) is 0 Å². The summed E-state index contributed by atoms with van der Waals surface area (Å²) in [6, 6.07) is 0.302. The van der Waals surface area contributed by atoms with E-state index in [2.05, 4.69) is 22.1 Å². The lowest BCUT2D eigenvalue weighted by atomic mass is 10.1. The van der Waals surface area contributed by atoms with Crippen molar-refractivity contribution in [2.24, 2.45) is 5.92 Å². The Kier molecular flexibility index (Phi) is 3.24. The molecule has 3 rings (SSSR count). The normalized spacial score (nSPS) is 24.1. The molecule has 98 valence electrons. The molecule has 1 aromatic heterocycles. The van der Waals surface area contributed by atoms with Gasteiger partial charge in [-0.05, 0) is 32.6 Å². The van der Waals surface area contributed by atoms with Gasteiger partial charge in [-0.2, -0.15) is 0 Å². The molecule has 1 atom stereocenters. The number of amides is 1. The van der Waals surface area contributed by atoms with Gasteiger partial charge in [0.25, 0.3) is 0 Å². The van der Waals surface area contributed by atoms with Crippen LogP contribution in [-0.4, -0.2) is 30.0 Å². The van der Waals surface area contributed by atoms with Gasteiger partial charge in [0.15, 0.2) is 5.13 Å². The summed E-state index contributed by atoms with van der Waals surface area (Å²) in [5.74, 6) is 0.569. The van der Waals surface area contributed by atoms with Gasteiger partial charge >= 0.3 is 0 Å². The van der Waals surface area contributed by atoms with Gasteiger partial charge in [-0.15, -0.1) is 11.3 Å². The van der Waals surface area contributed by atoms with Gasteiger partial charge < -0.3 is 10.2 Å². The molecule has 2 aliphatic rings. The molecule has 0 radical (unpaired) electrons. The quantitative estimate of drug-likeness (QED) is 0.908. The van der Waals surface area contributed by atoms with Crippen LogP contribution in [-0.2, 0) is 4.79 Å². The van der Waals surface area contributed by atoms with Crippen LogP contribution in [0.25, 0.3) is 0 Å². The molecule has 1 saturated heterocycles. The molecule has 1 aromatic rings. The highest BCUT2D eigenvalue weighted by molar-refractivity contribution is 7.15. The summed E-state index contributed by atoms with van der Waals surface area (Å²) < 4.78 is 0. The van der Waals surface area contributed by atoms with Crippen molar-refractivity contribution in [3.05, 3.63) is 11.1 Å². The average molecular weight is 265 g/mol. The van der Waals surface area contributed by atoms with Crippen LogP contribution in [0.15, 0.2) is 6.20 Å². The molecule has 5 heteroatoms. The number of thiazole rings is 1. The minimum atomic E-state index is 0.261. The molecule has 0 aromatic carbocycles. The number of nitrogens with zero attached hydrogens (tertiary/aromatic N) is 2. The Bertz CT molecular complexity index is 441. The van der Waals surface area contributed by atoms with E-state index in [0.29, 0.717) is 12.0 Å². The second kappa shape index (κ2) is 4.88. The summed E-state index contributed by atoms with van der Waals surface area (Å²) in [6.45, 7) is 4.05. The van der Waals surface area contributed by atoms with Crippen molar-refractivity contribution in [3.8, 4) is 0 Å². The molecule has 18 heavy (non-hydrogen) atoms. The Morgan fingerprint density at radius 3 is 3.00 bits per heavy atom. The highest BCUT2D eigenvalue weighted by Crippen LogP contribution is 2.30. The van der Waals surface area contributed by atoms with E-state index >= 15 is 0 Å². The van der Waals surface area contributed by atoms with Crippen molar-refractivity contribution in [1.29, 1.82) is 0 Å². The lowest BCUT2D eigenvalue weighted by Crippen LogP contribution is -2.48. The third-order valence-corrected chi connectivity index (χ3v) is 4.57. The van der Waals surface area contributed by atoms with E-state index in [1.807, 2.05) is 6.20 Å². The van der Waals surface area contributed by atoms with Crippen molar-refractivity contribution in [2.75, 3.05) is 18.0 Å². The number of aryl methyl sites for hydroxylation is 1. The highest BCUT2D eigenvalue weighted by atomic mass is 32.1. The number of hydrogen-bond acceptors (Lipinski definition) is 4. The van der Waals surface area contributed by atoms with Crippen LogP contribution in [0.1, 0.15) is 30.6 Å². The number of rotatable bonds is 3. The maximum absolute atomic E-state index is 11.8. The van der Waals surface area contributed by atoms with E-state index in [0.717, 1.165) is 43.9 Å². The SMILES string of the molecule is Cc1cnc(N2CCCC(NC(=O)C3CC3)C2)s1. The fourth-order valence-corrected chi connectivity index (χ4v) is 3.22. The number of carbonyl (C=O) groups excluding carboxylic acids is 1. The minimum absolute atomic E-state index is 0.261. The lowest BCUT2D eigenvalue weighted by Gasteiger charge is -2.33. The number of hydrogen-bond donors (Lipinski definition) is 1. The maximum Gasteiger partial charge on any atom is 0.223 e. The third-order valence-electron chi connectivity index (χ3n) is 3.60. The molecule has 0 bridgehead atoms. The zero-order valence-corrected chi connectivity index (χ0v) is 11.5. The van der Waals surface area contributed by atoms with Crippen molar-refractivity contribution < 1.29 is 4.79 Å². The third kappa shape index (κ3) is 2.66. The first-order valence-electron chi connectivity index (χ1n) is 6.70. The van der Waals surface area contributed by atoms with E-state index in [9.17, 15) is 4.79 Å². The van der Waals surface area contributed by atoms with E-state index in [-0.39, 0.29) is 5.91 Å². The van der Waals surface area contributed by atoms with Crippen LogP contribution >= 0.6 is 11.3 Å². The highest BCUT2D eigenvalue weighted by Gasteiger charge is 2.32. The maximum atomic E-state index is 11.8. The zero-order chi connectivity index (χ0) is 12.5. The van der Waals surface area contributed by atoms with Crippen LogP contribution in [0.3, 0.4) is 0 Å². The molecule has 1 aliphatic heterocycles. The fourth-order valence-electron chi connectivity index (χ4n) is 2.42. The fraction of sp³-hybridized carbons (Fsp3) is 0.692. The number of carbonyl (C=O) groups is 1. The topological polar surface area (TPSA) is 45.2 Å². The van der Waals surface area contributed by atoms with Crippen LogP contribution in [0.5, 0.6) is 0 Å². The molecular weight excluding hydrogens is 246 g/mol. The van der Waals surface area contributed by atoms with Gasteiger partial charge in [-0.1, -0.05) is 0 Å². The van der Waals surface area contributed by atoms with Crippen molar-refractivity contribution in [2.45, 2.75) is 38.6 Å². The first-order chi connectivity index (χ1) is 8.72. The van der Waals surface area contributed by atoms with Gasteiger partial charge in [0, 0.05) is 36.1 Å². The second-order valence-electron chi connectivity index (χ2n) is 5.32. The molecule has 0 spiro atoms. The molecule has 1 amide bonds. The molecule has 2 fully saturated rings. The molecule has 4 nitrogen and oxygen atoms in total. The van der Waals surface area contributed by atoms with Crippen LogP contribution in [0.4, 0.5) is 5.13 Å². The molecule has 2 heterocycles. The van der Waals surface area contributed by atoms with Gasteiger partial charge in [-0.25, -0.2) is 4.98 Å². The molecule has 1 saturated carbocycles. The molecule has 1 aliphatic carbocycles. The van der Waals surface area contributed by atoms with Crippen molar-refractivity contribution in [1.82, 2.24) is 10.3 Å². The monoisotopic (exact) mass is 265 g/mol. The summed E-state index contributed by atoms with van der Waals surface area (Å²) in [7, 11) is 0. The first-order valence-corrected chi connectivity index (χ1v) is 7.52. The number of aromatic nitrogens is 1. The zero-order valence-electron chi connectivity index (χ0n) is 10.7. The van der Waals surface area contributed by atoms with Crippen molar-refractivity contribution >= 4 is 22.4 Å². The van der Waals surface area contributed by atoms with E-state index in [4.69, 9.17) is 0 Å². The average Bonchev–Trinajstić information content (AvgIpc) is 3.12. The summed E-state index contributed by atoms with van der Waals surface area (Å²) in [5.41, 5.74) is 0. The molecule has 1 N–H and O–H groups in total. The Balaban J connectivity index is 1.59. The van der Waals surface area contributed by atoms with Crippen LogP contribution in [0, 0.1) is 12.8 Å². The van der Waals surface area contributed by atoms with E-state index < -0.39 is 0 Å². The number of anilines is 1. The molecule has 1 unspecified atom stereocenters. The van der Waals surface area contributed by atoms with Gasteiger partial charge in [-0.3, -0.25) is 4.79 Å². The summed E-state index contributed by atoms with van der Waals surface area (Å²) in [6.07, 6.45) is 6.31. The van der Waals surface area contributed by atoms with Gasteiger partial charge in [0.1, 0.15) is 0 Å². The first kappa shape index (κ1) is 12.0. The van der Waals surface area contributed by atoms with Crippen LogP contribution in [0.2, 0.25) is 0 Å². The summed E-state index contributed by atoms with van der Waals surface area (Å²) >= 11 is 1.74. The minimum Gasteiger partial charge on any atom is -0.351 e. The smallest absolute Gasteiger partial charge is 0.223 e. The van der Waals surface area contributed by atoms with Gasteiger partial charge in [0.2, 0.25) is 5.91 Å². The predicted octanol–water partition coefficient (Wildman–Crippen LogP) is 1.95. The second-order valence-corrected chi connectivity index (χ2v) is 6.53. The largest absolute Gasteiger partial charge is 0.351 e. The lowest BCUT2D eigenvalue weighted by molar-refractivity contribution is -0.123. The van der Waals surface area contributed by atoms with Crippen LogP contribution < -0.4 is 10.2 Å². The molecular formula is C13H19N3OS. The number of nitrogens with one attached hydrogen (secondary N) is 1. The Morgan fingerprint density at radius 2 is 2.33 bits per heavy atom. The Morgan fingerprint density at radius 1 is 1.50 bits per heavy atom.